The lowest BCUT2D eigenvalue weighted by atomic mass is 9.35. The largest absolute Gasteiger partial charge is 0.469 e. The van der Waals surface area contributed by atoms with E-state index in [4.69, 9.17) is 28.5 Å². The Hall–Kier alpha value is -2.27. The number of unbranched alkanes of at least 4 members (excludes halogenated alkanes) is 4. The molecule has 3 aliphatic carbocycles. The third-order valence-corrected chi connectivity index (χ3v) is 14.4. The van der Waals surface area contributed by atoms with E-state index in [0.717, 1.165) is 56.3 Å². The monoisotopic (exact) mass is 654 g/mol. The Labute approximate surface area is 276 Å². The van der Waals surface area contributed by atoms with Crippen LogP contribution < -0.4 is 0 Å². The third kappa shape index (κ3) is 3.74. The van der Waals surface area contributed by atoms with Gasteiger partial charge in [0.25, 0.3) is 0 Å². The number of carbonyl (C=O) groups excluding carboxylic acids is 3. The topological polar surface area (TPSA) is 145 Å². The van der Waals surface area contributed by atoms with Gasteiger partial charge in [0.05, 0.1) is 29.3 Å². The van der Waals surface area contributed by atoms with Crippen molar-refractivity contribution >= 4 is 17.7 Å². The van der Waals surface area contributed by atoms with E-state index < -0.39 is 69.2 Å². The van der Waals surface area contributed by atoms with Crippen LogP contribution >= 0.6 is 0 Å². The molecule has 8 rings (SSSR count). The molecule has 10 atom stereocenters. The van der Waals surface area contributed by atoms with E-state index in [2.05, 4.69) is 6.92 Å². The van der Waals surface area contributed by atoms with Gasteiger partial charge in [-0.2, -0.15) is 0 Å². The Balaban J connectivity index is 1.20. The standard InChI is InChI=1S/C37H50O10/c1-32(2)25-24(39)26(40)34(4)23(36(25)20-44-31(42)35(30(36)47-32)15-9-10-16-35)13-17-33(3)27(45-29(41)28-37(33,34)46-28)21-14-19-43-22(21)12-8-6-5-7-11-18-38/h14,19,23,25-28,30,38,40H,5-13,15-18,20H2,1-4H3. The number of fused-ring (bicyclic) bond motifs is 2. The lowest BCUT2D eigenvalue weighted by molar-refractivity contribution is -0.264. The van der Waals surface area contributed by atoms with Gasteiger partial charge in [-0.3, -0.25) is 9.59 Å². The molecule has 2 N–H and O–H groups in total. The summed E-state index contributed by atoms with van der Waals surface area (Å²) in [6.45, 7) is 8.13. The van der Waals surface area contributed by atoms with Crippen molar-refractivity contribution in [3.63, 3.8) is 0 Å². The van der Waals surface area contributed by atoms with Gasteiger partial charge in [0.15, 0.2) is 11.9 Å². The number of furan rings is 1. The molecule has 10 unspecified atom stereocenters. The van der Waals surface area contributed by atoms with Gasteiger partial charge in [0, 0.05) is 34.8 Å². The molecule has 3 spiro atoms. The SMILES string of the molecule is CC1(C)OC2C3(CCCC3)C(=O)OCC23C1C(=O)C(O)C1(C)C3CCC2(C)C(c3ccoc3CCCCCCCO)OC(=O)C3OC321. The first-order valence-electron chi connectivity index (χ1n) is 18.0. The minimum absolute atomic E-state index is 0.0561. The van der Waals surface area contributed by atoms with Crippen LogP contribution in [0.1, 0.15) is 116 Å². The van der Waals surface area contributed by atoms with Crippen LogP contribution in [0.4, 0.5) is 0 Å². The van der Waals surface area contributed by atoms with Gasteiger partial charge in [-0.05, 0) is 64.4 Å². The Morgan fingerprint density at radius 2 is 1.64 bits per heavy atom. The predicted octanol–water partition coefficient (Wildman–Crippen LogP) is 4.76. The Morgan fingerprint density at radius 1 is 0.915 bits per heavy atom. The number of cyclic esters (lactones) is 2. The Kier molecular flexibility index (Phi) is 7.06. The number of aryl methyl sites for hydroxylation is 1. The number of esters is 2. The van der Waals surface area contributed by atoms with Gasteiger partial charge >= 0.3 is 11.9 Å². The first-order chi connectivity index (χ1) is 22.4. The molecule has 10 heteroatoms. The van der Waals surface area contributed by atoms with Gasteiger partial charge in [0.2, 0.25) is 0 Å². The average molecular weight is 655 g/mol. The minimum atomic E-state index is -1.40. The van der Waals surface area contributed by atoms with E-state index in [1.807, 2.05) is 26.8 Å². The van der Waals surface area contributed by atoms with Crippen LogP contribution in [-0.2, 0) is 39.8 Å². The van der Waals surface area contributed by atoms with Crippen LogP contribution in [0.5, 0.6) is 0 Å². The molecule has 47 heavy (non-hydrogen) atoms. The number of ketones is 1. The number of ether oxygens (including phenoxy) is 4. The minimum Gasteiger partial charge on any atom is -0.469 e. The molecule has 4 saturated heterocycles. The summed E-state index contributed by atoms with van der Waals surface area (Å²) in [6, 6.07) is 1.89. The number of epoxide rings is 1. The fourth-order valence-electron chi connectivity index (χ4n) is 12.5. The van der Waals surface area contributed by atoms with Crippen molar-refractivity contribution in [2.24, 2.45) is 33.5 Å². The van der Waals surface area contributed by atoms with Crippen LogP contribution in [0.25, 0.3) is 0 Å². The van der Waals surface area contributed by atoms with Crippen LogP contribution in [0.3, 0.4) is 0 Å². The Morgan fingerprint density at radius 3 is 2.38 bits per heavy atom. The second-order valence-corrected chi connectivity index (χ2v) is 16.8. The lowest BCUT2D eigenvalue weighted by Crippen LogP contribution is -2.77. The van der Waals surface area contributed by atoms with Crippen molar-refractivity contribution in [3.8, 4) is 0 Å². The molecular formula is C37H50O10. The summed E-state index contributed by atoms with van der Waals surface area (Å²) in [7, 11) is 0. The smallest absolute Gasteiger partial charge is 0.339 e. The van der Waals surface area contributed by atoms with E-state index in [0.29, 0.717) is 32.1 Å². The van der Waals surface area contributed by atoms with E-state index in [9.17, 15) is 19.5 Å². The second-order valence-electron chi connectivity index (χ2n) is 16.8. The molecule has 7 fully saturated rings. The number of hydrogen-bond donors (Lipinski definition) is 2. The molecule has 3 saturated carbocycles. The molecule has 1 aromatic rings. The third-order valence-electron chi connectivity index (χ3n) is 14.4. The molecule has 0 bridgehead atoms. The number of aliphatic hydroxyl groups excluding tert-OH is 2. The maximum Gasteiger partial charge on any atom is 0.339 e. The highest BCUT2D eigenvalue weighted by Crippen LogP contribution is 2.81. The summed E-state index contributed by atoms with van der Waals surface area (Å²) in [6.07, 6.45) is 7.88. The van der Waals surface area contributed by atoms with E-state index in [1.54, 1.807) is 6.26 Å². The number of Topliss-reactive ketones (excluding diaryl/α,β-unsaturated/α-hetero) is 1. The highest BCUT2D eigenvalue weighted by molar-refractivity contribution is 5.92. The van der Waals surface area contributed by atoms with Crippen molar-refractivity contribution in [1.29, 1.82) is 0 Å². The molecule has 0 amide bonds. The van der Waals surface area contributed by atoms with Gasteiger partial charge in [-0.25, -0.2) is 4.79 Å². The zero-order valence-electron chi connectivity index (χ0n) is 28.2. The Bertz CT molecular complexity index is 1470. The quantitative estimate of drug-likeness (QED) is 0.229. The lowest BCUT2D eigenvalue weighted by Gasteiger charge is -2.67. The zero-order valence-corrected chi connectivity index (χ0v) is 28.2. The van der Waals surface area contributed by atoms with Crippen molar-refractivity contribution in [1.82, 2.24) is 0 Å². The fraction of sp³-hybridized carbons (Fsp3) is 0.811. The summed E-state index contributed by atoms with van der Waals surface area (Å²) in [4.78, 5) is 42.2. The van der Waals surface area contributed by atoms with E-state index in [1.165, 1.54) is 0 Å². The molecule has 0 radical (unpaired) electrons. The molecule has 4 aliphatic heterocycles. The molecule has 10 nitrogen and oxygen atoms in total. The number of aliphatic hydroxyl groups is 2. The van der Waals surface area contributed by atoms with Crippen LogP contribution in [0.2, 0.25) is 0 Å². The molecule has 5 heterocycles. The van der Waals surface area contributed by atoms with Gasteiger partial charge in [-0.15, -0.1) is 0 Å². The molecule has 7 aliphatic rings. The van der Waals surface area contributed by atoms with Gasteiger partial charge in [0.1, 0.15) is 30.2 Å². The maximum atomic E-state index is 14.7. The predicted molar refractivity (Wildman–Crippen MR) is 166 cm³/mol. The van der Waals surface area contributed by atoms with Crippen molar-refractivity contribution in [3.05, 3.63) is 23.7 Å². The second kappa shape index (κ2) is 10.4. The van der Waals surface area contributed by atoms with E-state index in [-0.39, 0.29) is 30.9 Å². The average Bonchev–Trinajstić information content (AvgIpc) is 3.29. The van der Waals surface area contributed by atoms with Crippen molar-refractivity contribution in [2.75, 3.05) is 13.2 Å². The normalized spacial score (nSPS) is 45.4. The number of hydrogen-bond acceptors (Lipinski definition) is 10. The van der Waals surface area contributed by atoms with Gasteiger partial charge in [-0.1, -0.05) is 46.0 Å². The van der Waals surface area contributed by atoms with Crippen LogP contribution in [0.15, 0.2) is 16.7 Å². The number of rotatable bonds is 8. The summed E-state index contributed by atoms with van der Waals surface area (Å²) in [5, 5.41) is 21.4. The summed E-state index contributed by atoms with van der Waals surface area (Å²) < 4.78 is 31.9. The summed E-state index contributed by atoms with van der Waals surface area (Å²) in [5.74, 6) is -1.22. The van der Waals surface area contributed by atoms with Gasteiger partial charge < -0.3 is 33.6 Å². The van der Waals surface area contributed by atoms with Crippen LogP contribution in [0, 0.1) is 33.5 Å². The van der Waals surface area contributed by atoms with Crippen LogP contribution in [-0.4, -0.2) is 70.7 Å². The molecular weight excluding hydrogens is 604 g/mol. The summed E-state index contributed by atoms with van der Waals surface area (Å²) in [5.41, 5.74) is -4.87. The fourth-order valence-corrected chi connectivity index (χ4v) is 12.5. The molecule has 258 valence electrons. The first kappa shape index (κ1) is 32.0. The zero-order chi connectivity index (χ0) is 33.2. The van der Waals surface area contributed by atoms with Crippen molar-refractivity contribution < 1.29 is 48.0 Å². The van der Waals surface area contributed by atoms with E-state index >= 15 is 0 Å². The molecule has 0 aromatic carbocycles. The number of carbonyl (C=O) groups is 3. The highest BCUT2D eigenvalue weighted by atomic mass is 16.7. The van der Waals surface area contributed by atoms with Crippen molar-refractivity contribution in [2.45, 2.75) is 140 Å². The maximum absolute atomic E-state index is 14.7. The first-order valence-corrected chi connectivity index (χ1v) is 18.0. The summed E-state index contributed by atoms with van der Waals surface area (Å²) >= 11 is 0. The molecule has 1 aromatic heterocycles. The highest BCUT2D eigenvalue weighted by Gasteiger charge is 2.91.